The van der Waals surface area contributed by atoms with E-state index in [0.717, 1.165) is 34.1 Å². The Kier molecular flexibility index (Phi) is 18.5. The van der Waals surface area contributed by atoms with Gasteiger partial charge in [0.25, 0.3) is 0 Å². The first-order valence-electron chi connectivity index (χ1n) is 45.3. The fourth-order valence-corrected chi connectivity index (χ4v) is 23.2. The number of hydrogen-bond acceptors (Lipinski definition) is 3. The van der Waals surface area contributed by atoms with Crippen molar-refractivity contribution in [2.24, 2.45) is 0 Å². The van der Waals surface area contributed by atoms with Crippen LogP contribution in [0.3, 0.4) is 0 Å². The van der Waals surface area contributed by atoms with Gasteiger partial charge in [-0.25, -0.2) is 0 Å². The molecule has 0 radical (unpaired) electrons. The van der Waals surface area contributed by atoms with E-state index in [-0.39, 0.29) is 0 Å². The van der Waals surface area contributed by atoms with Crippen molar-refractivity contribution in [1.29, 1.82) is 0 Å². The maximum atomic E-state index is 2.42. The molecule has 0 saturated heterocycles. The van der Waals surface area contributed by atoms with Gasteiger partial charge in [0, 0.05) is 159 Å². The fraction of sp³-hybridized carbons (Fsp3) is 0. The van der Waals surface area contributed by atoms with Gasteiger partial charge < -0.3 is 32.3 Å². The van der Waals surface area contributed by atoms with E-state index in [1.54, 1.807) is 0 Å². The highest BCUT2D eigenvalue weighted by Crippen LogP contribution is 2.48. The molecule has 7 nitrogen and oxygen atoms in total. The predicted molar refractivity (Wildman–Crippen MR) is 567 cm³/mol. The molecular weight excluding hydrogens is 1650 g/mol. The van der Waals surface area contributed by atoms with E-state index < -0.39 is 0 Å². The minimum absolute atomic E-state index is 1.11. The van der Waals surface area contributed by atoms with Crippen LogP contribution < -0.4 is 4.90 Å². The lowest BCUT2D eigenvalue weighted by molar-refractivity contribution is 1.12. The minimum atomic E-state index is 1.11. The molecule has 0 amide bonds. The van der Waals surface area contributed by atoms with Crippen LogP contribution in [0, 0.1) is 0 Å². The number of benzene rings is 20. The van der Waals surface area contributed by atoms with Gasteiger partial charge in [-0.15, -0.1) is 22.7 Å². The van der Waals surface area contributed by atoms with Gasteiger partial charge in [-0.2, -0.15) is 0 Å². The molecule has 133 heavy (non-hydrogen) atoms. The van der Waals surface area contributed by atoms with Gasteiger partial charge in [-0.1, -0.05) is 291 Å². The highest BCUT2D eigenvalue weighted by molar-refractivity contribution is 7.27. The van der Waals surface area contributed by atoms with Crippen LogP contribution in [0.15, 0.2) is 492 Å². The molecular formula is C124H81N7S2. The maximum Gasteiger partial charge on any atom is 0.0562 e. The highest BCUT2D eigenvalue weighted by atomic mass is 32.1. The first-order chi connectivity index (χ1) is 66.0. The van der Waals surface area contributed by atoms with E-state index in [1.807, 2.05) is 22.7 Å². The topological polar surface area (TPSA) is 32.8 Å². The third kappa shape index (κ3) is 13.1. The zero-order valence-electron chi connectivity index (χ0n) is 72.2. The van der Waals surface area contributed by atoms with Crippen molar-refractivity contribution in [3.8, 4) is 67.5 Å². The Morgan fingerprint density at radius 2 is 0.504 bits per heavy atom. The van der Waals surface area contributed by atoms with Crippen LogP contribution in [0.4, 0.5) is 17.1 Å². The van der Waals surface area contributed by atoms with E-state index >= 15 is 0 Å². The first kappa shape index (κ1) is 77.1. The van der Waals surface area contributed by atoms with Gasteiger partial charge in [0.15, 0.2) is 0 Å². The molecule has 0 spiro atoms. The van der Waals surface area contributed by atoms with Gasteiger partial charge >= 0.3 is 0 Å². The second-order valence-electron chi connectivity index (χ2n) is 34.3. The lowest BCUT2D eigenvalue weighted by Crippen LogP contribution is -2.10. The Morgan fingerprint density at radius 3 is 0.970 bits per heavy atom. The Bertz CT molecular complexity index is 9380. The summed E-state index contributed by atoms with van der Waals surface area (Å²) in [6.45, 7) is 0. The SMILES string of the molecule is c1ccc(-c2cccc3c2sc2c(-c4ccc(-n5c6ccccc6c6cc7ccn(-c8ccccc8)c7cc65)cc4)cccc23)cc1.c1ccc(-n2ccc3cc4c5ccccc5n(-c5ccc(-c6cccc7c6sc6ccccc67)cc5)c4cc32)cc1.c1ccc(N(c2cccc(-n3c4ccccc4c4cc5ccn(-c6ccccc6)c5cc43)c2)c2ccc3ccccc3c2)cc1. The summed E-state index contributed by atoms with van der Waals surface area (Å²) in [5.41, 5.74) is 28.7. The summed E-state index contributed by atoms with van der Waals surface area (Å²) in [4.78, 5) is 2.35. The molecule has 8 heterocycles. The van der Waals surface area contributed by atoms with Crippen molar-refractivity contribution in [3.63, 3.8) is 0 Å². The molecule has 624 valence electrons. The Morgan fingerprint density at radius 1 is 0.165 bits per heavy atom. The zero-order valence-corrected chi connectivity index (χ0v) is 73.8. The molecule has 0 unspecified atom stereocenters. The van der Waals surface area contributed by atoms with Crippen LogP contribution in [-0.4, -0.2) is 27.4 Å². The molecule has 20 aromatic carbocycles. The summed E-state index contributed by atoms with van der Waals surface area (Å²) in [7, 11) is 0. The van der Waals surface area contributed by atoms with Gasteiger partial charge in [0.1, 0.15) is 0 Å². The molecule has 9 heteroatoms. The number of hydrogen-bond donors (Lipinski definition) is 0. The number of fused-ring (bicyclic) bond motifs is 19. The average Bonchev–Trinajstić information content (AvgIpc) is 1.58. The summed E-state index contributed by atoms with van der Waals surface area (Å²) in [5, 5.41) is 19.1. The van der Waals surface area contributed by atoms with E-state index in [9.17, 15) is 0 Å². The maximum absolute atomic E-state index is 2.42. The summed E-state index contributed by atoms with van der Waals surface area (Å²) in [6.07, 6.45) is 6.53. The number of para-hydroxylation sites is 7. The fourth-order valence-electron chi connectivity index (χ4n) is 20.6. The molecule has 0 fully saturated rings. The summed E-state index contributed by atoms with van der Waals surface area (Å²) >= 11 is 3.79. The molecule has 28 aromatic rings. The van der Waals surface area contributed by atoms with Crippen LogP contribution in [0.25, 0.3) is 217 Å². The lowest BCUT2D eigenvalue weighted by atomic mass is 10.00. The molecule has 0 aliphatic rings. The van der Waals surface area contributed by atoms with E-state index in [0.29, 0.717) is 0 Å². The Labute approximate surface area is 774 Å². The molecule has 28 rings (SSSR count). The molecule has 0 bridgehead atoms. The Hall–Kier alpha value is -17.1. The smallest absolute Gasteiger partial charge is 0.0562 e. The van der Waals surface area contributed by atoms with Crippen molar-refractivity contribution in [1.82, 2.24) is 27.4 Å². The van der Waals surface area contributed by atoms with E-state index in [2.05, 4.69) is 524 Å². The predicted octanol–water partition coefficient (Wildman–Crippen LogP) is 34.5. The van der Waals surface area contributed by atoms with Crippen molar-refractivity contribution < 1.29 is 0 Å². The van der Waals surface area contributed by atoms with Gasteiger partial charge in [0.2, 0.25) is 0 Å². The van der Waals surface area contributed by atoms with Crippen molar-refractivity contribution in [3.05, 3.63) is 492 Å². The van der Waals surface area contributed by atoms with E-state index in [1.165, 1.54) is 200 Å². The Balaban J connectivity index is 0.000000105. The highest BCUT2D eigenvalue weighted by Gasteiger charge is 2.24. The third-order valence-electron chi connectivity index (χ3n) is 26.8. The number of anilines is 3. The largest absolute Gasteiger partial charge is 0.316 e. The first-order valence-corrected chi connectivity index (χ1v) is 47.0. The second kappa shape index (κ2) is 32.0. The van der Waals surface area contributed by atoms with Crippen LogP contribution in [0.5, 0.6) is 0 Å². The summed E-state index contributed by atoms with van der Waals surface area (Å²) in [5.74, 6) is 0. The lowest BCUT2D eigenvalue weighted by Gasteiger charge is -2.26. The minimum Gasteiger partial charge on any atom is -0.316 e. The second-order valence-corrected chi connectivity index (χ2v) is 36.4. The van der Waals surface area contributed by atoms with Gasteiger partial charge in [0.05, 0.1) is 49.7 Å². The molecule has 0 aliphatic carbocycles. The van der Waals surface area contributed by atoms with Crippen LogP contribution in [-0.2, 0) is 0 Å². The number of aromatic nitrogens is 6. The molecule has 8 aromatic heterocycles. The van der Waals surface area contributed by atoms with Crippen LogP contribution in [0.1, 0.15) is 0 Å². The number of rotatable bonds is 12. The molecule has 0 aliphatic heterocycles. The van der Waals surface area contributed by atoms with Gasteiger partial charge in [-0.3, -0.25) is 0 Å². The quantitative estimate of drug-likeness (QED) is 0.120. The molecule has 0 N–H and O–H groups in total. The van der Waals surface area contributed by atoms with Crippen LogP contribution in [0.2, 0.25) is 0 Å². The van der Waals surface area contributed by atoms with E-state index in [4.69, 9.17) is 0 Å². The number of thiophene rings is 2. The number of nitrogens with zero attached hydrogens (tertiary/aromatic N) is 7. The van der Waals surface area contributed by atoms with Crippen molar-refractivity contribution in [2.45, 2.75) is 0 Å². The monoisotopic (exact) mass is 1730 g/mol. The van der Waals surface area contributed by atoms with Crippen LogP contribution >= 0.6 is 22.7 Å². The molecule has 0 saturated carbocycles. The van der Waals surface area contributed by atoms with Crippen molar-refractivity contribution in [2.75, 3.05) is 4.90 Å². The van der Waals surface area contributed by atoms with Gasteiger partial charge in [-0.05, 0) is 226 Å². The zero-order chi connectivity index (χ0) is 87.6. The molecule has 0 atom stereocenters. The standard InChI is InChI=1S/C44H28N2S.C42H29N3.C38H24N2S/c1-3-11-29(12-4-1)34-16-9-18-37-38-19-10-17-35(44(38)47-43(34)37)30-21-23-33(24-22-30)46-40-20-8-7-15-36(40)39-27-31-25-26-45(41(31)28-42(39)46)32-13-5-2-6-14-32;1-3-14-33(15-4-1)43-25-24-32-27-39-38-20-9-10-21-40(38)45(42(39)29-41(32)43)36-19-11-18-35(28-36)44(34-16-5-2-6-17-34)37-23-22-30-12-7-8-13-31(30)26-37;1-2-9-27(10-3-1)39-22-21-26-23-33-30-11-4-6-15-34(30)40(36(33)24-35(26)39)28-19-17-25(18-20-28)29-13-8-14-32-31-12-5-7-16-37(31)41-38(29)32/h1-28H;1-29H;1-24H. The summed E-state index contributed by atoms with van der Waals surface area (Å²) in [6, 6.07) is 171. The third-order valence-corrected chi connectivity index (χ3v) is 29.3. The normalized spacial score (nSPS) is 11.8. The summed E-state index contributed by atoms with van der Waals surface area (Å²) < 4.78 is 19.5. The van der Waals surface area contributed by atoms with Crippen molar-refractivity contribution >= 4 is 189 Å². The average molecular weight is 1730 g/mol.